The average Bonchev–Trinajstić information content (AvgIpc) is 3.12. The molecular formula is C27H26N2O5S. The number of hydrogen-bond acceptors (Lipinski definition) is 6. The Labute approximate surface area is 208 Å². The molecular weight excluding hydrogens is 464 g/mol. The number of amides is 3. The lowest BCUT2D eigenvalue weighted by molar-refractivity contribution is -0.120. The standard InChI is InChI=1S/C27H26N2O5S/c1-3-33-19-12-14-21(15-13-19)34-20-10-8-18(9-11-20)28-25(30)24(16-17-35-2)29-26(31)22-6-4-5-7-23(22)27(29)32/h4-15,24H,3,16-17H2,1-2H3,(H,28,30)/t24-/m1/s1. The zero-order valence-electron chi connectivity index (χ0n) is 19.5. The van der Waals surface area contributed by atoms with Gasteiger partial charge in [-0.2, -0.15) is 11.8 Å². The number of ether oxygens (including phenoxy) is 2. The third kappa shape index (κ3) is 5.49. The van der Waals surface area contributed by atoms with Crippen LogP contribution in [-0.2, 0) is 4.79 Å². The molecule has 3 aromatic carbocycles. The van der Waals surface area contributed by atoms with E-state index in [4.69, 9.17) is 9.47 Å². The van der Waals surface area contributed by atoms with Crippen LogP contribution in [0.4, 0.5) is 5.69 Å². The molecule has 1 aliphatic heterocycles. The summed E-state index contributed by atoms with van der Waals surface area (Å²) >= 11 is 1.55. The largest absolute Gasteiger partial charge is 0.494 e. The maximum atomic E-state index is 13.2. The zero-order valence-corrected chi connectivity index (χ0v) is 20.3. The van der Waals surface area contributed by atoms with Gasteiger partial charge in [0.2, 0.25) is 5.91 Å². The van der Waals surface area contributed by atoms with Gasteiger partial charge in [0.15, 0.2) is 0 Å². The van der Waals surface area contributed by atoms with Crippen LogP contribution in [0.3, 0.4) is 0 Å². The van der Waals surface area contributed by atoms with Crippen LogP contribution in [-0.4, -0.2) is 47.3 Å². The van der Waals surface area contributed by atoms with Crippen molar-refractivity contribution in [2.45, 2.75) is 19.4 Å². The van der Waals surface area contributed by atoms with E-state index in [9.17, 15) is 14.4 Å². The van der Waals surface area contributed by atoms with E-state index in [-0.39, 0.29) is 0 Å². The summed E-state index contributed by atoms with van der Waals surface area (Å²) in [7, 11) is 0. The quantitative estimate of drug-likeness (QED) is 0.392. The first-order valence-electron chi connectivity index (χ1n) is 11.3. The number of carbonyl (C=O) groups is 3. The molecule has 0 radical (unpaired) electrons. The van der Waals surface area contributed by atoms with Crippen molar-refractivity contribution in [3.8, 4) is 17.2 Å². The Morgan fingerprint density at radius 1 is 0.886 bits per heavy atom. The number of nitrogens with one attached hydrogen (secondary N) is 1. The molecule has 0 fully saturated rings. The van der Waals surface area contributed by atoms with Crippen LogP contribution in [0.15, 0.2) is 72.8 Å². The van der Waals surface area contributed by atoms with Crippen molar-refractivity contribution in [2.24, 2.45) is 0 Å². The predicted octanol–water partition coefficient (Wildman–Crippen LogP) is 5.23. The second-order valence-corrected chi connectivity index (χ2v) is 8.83. The van der Waals surface area contributed by atoms with Crippen LogP contribution in [0.1, 0.15) is 34.1 Å². The first kappa shape index (κ1) is 24.3. The van der Waals surface area contributed by atoms with Gasteiger partial charge < -0.3 is 14.8 Å². The molecule has 1 N–H and O–H groups in total. The summed E-state index contributed by atoms with van der Waals surface area (Å²) in [6.07, 6.45) is 2.28. The molecule has 180 valence electrons. The zero-order chi connectivity index (χ0) is 24.8. The molecule has 0 aromatic heterocycles. The minimum Gasteiger partial charge on any atom is -0.494 e. The van der Waals surface area contributed by atoms with E-state index in [2.05, 4.69) is 5.32 Å². The number of imide groups is 1. The van der Waals surface area contributed by atoms with Crippen LogP contribution in [0.25, 0.3) is 0 Å². The number of nitrogens with zero attached hydrogens (tertiary/aromatic N) is 1. The van der Waals surface area contributed by atoms with Crippen LogP contribution in [0.2, 0.25) is 0 Å². The fraction of sp³-hybridized carbons (Fsp3) is 0.222. The van der Waals surface area contributed by atoms with E-state index in [1.165, 1.54) is 0 Å². The number of rotatable bonds is 10. The van der Waals surface area contributed by atoms with Gasteiger partial charge in [-0.25, -0.2) is 0 Å². The molecule has 0 saturated carbocycles. The Hall–Kier alpha value is -3.78. The van der Waals surface area contributed by atoms with E-state index < -0.39 is 23.8 Å². The van der Waals surface area contributed by atoms with Gasteiger partial charge in [0.05, 0.1) is 17.7 Å². The van der Waals surface area contributed by atoms with Crippen molar-refractivity contribution in [3.05, 3.63) is 83.9 Å². The first-order chi connectivity index (χ1) is 17.0. The van der Waals surface area contributed by atoms with Crippen molar-refractivity contribution in [3.63, 3.8) is 0 Å². The summed E-state index contributed by atoms with van der Waals surface area (Å²) in [6, 6.07) is 20.0. The topological polar surface area (TPSA) is 84.9 Å². The molecule has 8 heteroatoms. The number of anilines is 1. The third-order valence-electron chi connectivity index (χ3n) is 5.53. The summed E-state index contributed by atoms with van der Waals surface area (Å²) in [4.78, 5) is 40.2. The molecule has 0 bridgehead atoms. The Balaban J connectivity index is 1.44. The monoisotopic (exact) mass is 490 g/mol. The van der Waals surface area contributed by atoms with Crippen LogP contribution in [0.5, 0.6) is 17.2 Å². The van der Waals surface area contributed by atoms with E-state index in [1.807, 2.05) is 37.4 Å². The normalized spacial score (nSPS) is 13.4. The summed E-state index contributed by atoms with van der Waals surface area (Å²) < 4.78 is 11.3. The molecule has 3 amide bonds. The molecule has 35 heavy (non-hydrogen) atoms. The minimum atomic E-state index is -0.908. The maximum Gasteiger partial charge on any atom is 0.262 e. The maximum absolute atomic E-state index is 13.2. The van der Waals surface area contributed by atoms with E-state index in [1.54, 1.807) is 60.3 Å². The summed E-state index contributed by atoms with van der Waals surface area (Å²) in [6.45, 7) is 2.52. The highest BCUT2D eigenvalue weighted by atomic mass is 32.2. The van der Waals surface area contributed by atoms with Gasteiger partial charge in [0.25, 0.3) is 11.8 Å². The molecule has 0 unspecified atom stereocenters. The number of fused-ring (bicyclic) bond motifs is 1. The fourth-order valence-electron chi connectivity index (χ4n) is 3.84. The molecule has 4 rings (SSSR count). The van der Waals surface area contributed by atoms with Crippen LogP contribution < -0.4 is 14.8 Å². The van der Waals surface area contributed by atoms with Gasteiger partial charge in [-0.05, 0) is 86.0 Å². The molecule has 1 aliphatic rings. The molecule has 7 nitrogen and oxygen atoms in total. The fourth-order valence-corrected chi connectivity index (χ4v) is 4.30. The van der Waals surface area contributed by atoms with Crippen molar-refractivity contribution in [1.82, 2.24) is 4.90 Å². The number of benzene rings is 3. The van der Waals surface area contributed by atoms with Crippen molar-refractivity contribution >= 4 is 35.2 Å². The van der Waals surface area contributed by atoms with Crippen LogP contribution in [0, 0.1) is 0 Å². The number of hydrogen-bond donors (Lipinski definition) is 1. The van der Waals surface area contributed by atoms with Crippen LogP contribution >= 0.6 is 11.8 Å². The summed E-state index contributed by atoms with van der Waals surface area (Å²) in [5, 5.41) is 2.84. The van der Waals surface area contributed by atoms with Crippen molar-refractivity contribution in [2.75, 3.05) is 23.9 Å². The highest BCUT2D eigenvalue weighted by Gasteiger charge is 2.42. The molecule has 0 aliphatic carbocycles. The van der Waals surface area contributed by atoms with Gasteiger partial charge in [-0.1, -0.05) is 12.1 Å². The molecule has 1 atom stereocenters. The highest BCUT2D eigenvalue weighted by molar-refractivity contribution is 7.98. The molecule has 0 spiro atoms. The smallest absolute Gasteiger partial charge is 0.262 e. The summed E-state index contributed by atoms with van der Waals surface area (Å²) in [5.74, 6) is 1.37. The van der Waals surface area contributed by atoms with Gasteiger partial charge in [-0.15, -0.1) is 0 Å². The van der Waals surface area contributed by atoms with E-state index in [0.29, 0.717) is 47.1 Å². The average molecular weight is 491 g/mol. The lowest BCUT2D eigenvalue weighted by atomic mass is 10.1. The van der Waals surface area contributed by atoms with E-state index >= 15 is 0 Å². The minimum absolute atomic E-state index is 0.329. The Bertz CT molecular complexity index is 1180. The van der Waals surface area contributed by atoms with Crippen molar-refractivity contribution < 1.29 is 23.9 Å². The number of carbonyl (C=O) groups excluding carboxylic acids is 3. The van der Waals surface area contributed by atoms with Gasteiger partial charge in [-0.3, -0.25) is 19.3 Å². The Morgan fingerprint density at radius 2 is 1.43 bits per heavy atom. The lowest BCUT2D eigenvalue weighted by Gasteiger charge is -2.25. The van der Waals surface area contributed by atoms with Gasteiger partial charge >= 0.3 is 0 Å². The second-order valence-electron chi connectivity index (χ2n) is 7.84. The second kappa shape index (κ2) is 11.1. The third-order valence-corrected chi connectivity index (χ3v) is 6.17. The highest BCUT2D eigenvalue weighted by Crippen LogP contribution is 2.28. The SMILES string of the molecule is CCOc1ccc(Oc2ccc(NC(=O)[C@@H](CCSC)N3C(=O)c4ccccc4C3=O)cc2)cc1. The lowest BCUT2D eigenvalue weighted by Crippen LogP contribution is -2.47. The molecule has 1 heterocycles. The van der Waals surface area contributed by atoms with Gasteiger partial charge in [0.1, 0.15) is 23.3 Å². The van der Waals surface area contributed by atoms with E-state index in [0.717, 1.165) is 10.6 Å². The van der Waals surface area contributed by atoms with Gasteiger partial charge in [0, 0.05) is 5.69 Å². The Morgan fingerprint density at radius 3 is 1.97 bits per heavy atom. The molecule has 3 aromatic rings. The van der Waals surface area contributed by atoms with Crippen molar-refractivity contribution in [1.29, 1.82) is 0 Å². The first-order valence-corrected chi connectivity index (χ1v) is 12.7. The number of thioether (sulfide) groups is 1. The molecule has 0 saturated heterocycles. The predicted molar refractivity (Wildman–Crippen MR) is 136 cm³/mol. The Kier molecular flexibility index (Phi) is 7.72. The summed E-state index contributed by atoms with van der Waals surface area (Å²) in [5.41, 5.74) is 1.20.